The minimum atomic E-state index is -0.536. The van der Waals surface area contributed by atoms with Crippen LogP contribution in [-0.4, -0.2) is 37.5 Å². The monoisotopic (exact) mass is 397 g/mol. The lowest BCUT2D eigenvalue weighted by Gasteiger charge is -2.28. The van der Waals surface area contributed by atoms with Gasteiger partial charge in [-0.15, -0.1) is 0 Å². The number of para-hydroxylation sites is 2. The van der Waals surface area contributed by atoms with Gasteiger partial charge in [0.25, 0.3) is 17.7 Å². The summed E-state index contributed by atoms with van der Waals surface area (Å²) in [5.41, 5.74) is 8.10. The fourth-order valence-corrected chi connectivity index (χ4v) is 3.22. The summed E-state index contributed by atoms with van der Waals surface area (Å²) in [6.45, 7) is 5.18. The molecule has 3 amide bonds. The molecule has 0 unspecified atom stereocenters. The van der Waals surface area contributed by atoms with Crippen LogP contribution in [0, 0.1) is 20.8 Å². The molecule has 1 aliphatic rings. The molecule has 0 aliphatic carbocycles. The Bertz CT molecular complexity index is 934. The van der Waals surface area contributed by atoms with E-state index in [1.54, 1.807) is 24.3 Å². The van der Waals surface area contributed by atoms with E-state index in [-0.39, 0.29) is 25.7 Å². The number of amides is 3. The van der Waals surface area contributed by atoms with Gasteiger partial charge in [0.15, 0.2) is 13.2 Å². The average Bonchev–Trinajstić information content (AvgIpc) is 2.67. The highest BCUT2D eigenvalue weighted by Crippen LogP contribution is 2.31. The Labute approximate surface area is 168 Å². The van der Waals surface area contributed by atoms with E-state index in [0.717, 1.165) is 16.7 Å². The summed E-state index contributed by atoms with van der Waals surface area (Å²) in [4.78, 5) is 37.6. The highest BCUT2D eigenvalue weighted by atomic mass is 16.5. The molecule has 0 atom stereocenters. The third kappa shape index (κ3) is 4.84. The third-order valence-electron chi connectivity index (χ3n) is 4.40. The Balaban J connectivity index is 1.51. The van der Waals surface area contributed by atoms with Crippen molar-refractivity contribution in [2.24, 2.45) is 0 Å². The predicted octanol–water partition coefficient (Wildman–Crippen LogP) is 1.56. The fraction of sp³-hybridized carbons (Fsp3) is 0.286. The van der Waals surface area contributed by atoms with Gasteiger partial charge in [-0.1, -0.05) is 29.8 Å². The van der Waals surface area contributed by atoms with Gasteiger partial charge in [0, 0.05) is 0 Å². The quantitative estimate of drug-likeness (QED) is 0.747. The first-order valence-corrected chi connectivity index (χ1v) is 9.15. The van der Waals surface area contributed by atoms with Crippen LogP contribution < -0.4 is 25.2 Å². The zero-order valence-corrected chi connectivity index (χ0v) is 16.6. The van der Waals surface area contributed by atoms with E-state index in [1.807, 2.05) is 32.9 Å². The fourth-order valence-electron chi connectivity index (χ4n) is 3.22. The van der Waals surface area contributed by atoms with Crippen LogP contribution >= 0.6 is 0 Å². The summed E-state index contributed by atoms with van der Waals surface area (Å²) in [6.07, 6.45) is 0. The number of hydrogen-bond donors (Lipinski definition) is 2. The molecule has 8 nitrogen and oxygen atoms in total. The average molecular weight is 397 g/mol. The molecule has 0 bridgehead atoms. The van der Waals surface area contributed by atoms with Crippen molar-refractivity contribution in [3.8, 4) is 11.5 Å². The third-order valence-corrected chi connectivity index (χ3v) is 4.40. The lowest BCUT2D eigenvalue weighted by atomic mass is 10.1. The second-order valence-electron chi connectivity index (χ2n) is 6.85. The van der Waals surface area contributed by atoms with Gasteiger partial charge in [0.2, 0.25) is 0 Å². The summed E-state index contributed by atoms with van der Waals surface area (Å²) in [6, 6.07) is 10.9. The number of nitrogens with one attached hydrogen (secondary N) is 2. The molecule has 0 spiro atoms. The molecular weight excluding hydrogens is 374 g/mol. The van der Waals surface area contributed by atoms with Gasteiger partial charge in [0.05, 0.1) is 5.69 Å². The van der Waals surface area contributed by atoms with Gasteiger partial charge in [0.1, 0.15) is 18.0 Å². The van der Waals surface area contributed by atoms with Gasteiger partial charge < -0.3 is 9.47 Å². The number of carbonyl (C=O) groups is 3. The van der Waals surface area contributed by atoms with Gasteiger partial charge in [-0.3, -0.25) is 30.1 Å². The smallest absolute Gasteiger partial charge is 0.276 e. The van der Waals surface area contributed by atoms with Crippen molar-refractivity contribution in [1.82, 2.24) is 10.9 Å². The van der Waals surface area contributed by atoms with E-state index in [2.05, 4.69) is 10.9 Å². The number of fused-ring (bicyclic) bond motifs is 1. The van der Waals surface area contributed by atoms with E-state index < -0.39 is 11.8 Å². The van der Waals surface area contributed by atoms with E-state index >= 15 is 0 Å². The van der Waals surface area contributed by atoms with Crippen LogP contribution in [0.15, 0.2) is 36.4 Å². The van der Waals surface area contributed by atoms with E-state index in [1.165, 1.54) is 4.90 Å². The molecule has 0 aromatic heterocycles. The molecular formula is C21H23N3O5. The van der Waals surface area contributed by atoms with E-state index in [4.69, 9.17) is 9.47 Å². The predicted molar refractivity (Wildman–Crippen MR) is 107 cm³/mol. The van der Waals surface area contributed by atoms with Gasteiger partial charge in [-0.25, -0.2) is 0 Å². The SMILES string of the molecule is Cc1cc(C)c(OCC(=O)NNC(=O)CN2C(=O)COc3ccccc32)c(C)c1. The van der Waals surface area contributed by atoms with Crippen molar-refractivity contribution in [3.63, 3.8) is 0 Å². The molecule has 0 radical (unpaired) electrons. The maximum Gasteiger partial charge on any atom is 0.276 e. The number of aryl methyl sites for hydroxylation is 3. The Kier molecular flexibility index (Phi) is 6.01. The number of anilines is 1. The van der Waals surface area contributed by atoms with Crippen molar-refractivity contribution in [3.05, 3.63) is 53.1 Å². The molecule has 8 heteroatoms. The number of benzene rings is 2. The summed E-state index contributed by atoms with van der Waals surface area (Å²) < 4.78 is 10.9. The van der Waals surface area contributed by atoms with Crippen LogP contribution in [0.1, 0.15) is 16.7 Å². The van der Waals surface area contributed by atoms with Gasteiger partial charge in [-0.05, 0) is 44.0 Å². The van der Waals surface area contributed by atoms with Gasteiger partial charge in [-0.2, -0.15) is 0 Å². The molecule has 29 heavy (non-hydrogen) atoms. The second-order valence-corrected chi connectivity index (χ2v) is 6.85. The zero-order chi connectivity index (χ0) is 21.0. The largest absolute Gasteiger partial charge is 0.483 e. The number of hydrazine groups is 1. The van der Waals surface area contributed by atoms with Gasteiger partial charge >= 0.3 is 0 Å². The van der Waals surface area contributed by atoms with Crippen molar-refractivity contribution in [2.75, 3.05) is 24.7 Å². The van der Waals surface area contributed by atoms with Crippen molar-refractivity contribution in [1.29, 1.82) is 0 Å². The van der Waals surface area contributed by atoms with Crippen LogP contribution in [0.3, 0.4) is 0 Å². The minimum absolute atomic E-state index is 0.139. The molecule has 0 saturated heterocycles. The number of nitrogens with zero attached hydrogens (tertiary/aromatic N) is 1. The molecule has 2 N–H and O–H groups in total. The zero-order valence-electron chi connectivity index (χ0n) is 16.6. The lowest BCUT2D eigenvalue weighted by Crippen LogP contribution is -2.50. The van der Waals surface area contributed by atoms with Crippen LogP contribution in [0.5, 0.6) is 11.5 Å². The summed E-state index contributed by atoms with van der Waals surface area (Å²) >= 11 is 0. The molecule has 0 fully saturated rings. The van der Waals surface area contributed by atoms with Crippen molar-refractivity contribution in [2.45, 2.75) is 20.8 Å². The number of carbonyl (C=O) groups excluding carboxylic acids is 3. The van der Waals surface area contributed by atoms with Crippen LogP contribution in [0.4, 0.5) is 5.69 Å². The summed E-state index contributed by atoms with van der Waals surface area (Å²) in [7, 11) is 0. The molecule has 2 aromatic rings. The Morgan fingerprint density at radius 1 is 1.07 bits per heavy atom. The topological polar surface area (TPSA) is 97.0 Å². The molecule has 1 heterocycles. The number of rotatable bonds is 5. The first kappa shape index (κ1) is 20.2. The second kappa shape index (κ2) is 8.64. The van der Waals surface area contributed by atoms with Crippen LogP contribution in [-0.2, 0) is 14.4 Å². The number of ether oxygens (including phenoxy) is 2. The summed E-state index contributed by atoms with van der Waals surface area (Å²) in [5, 5.41) is 0. The standard InChI is InChI=1S/C21H23N3O5/c1-13-8-14(2)21(15(3)9-13)29-11-19(26)23-22-18(25)10-24-16-6-4-5-7-17(16)28-12-20(24)27/h4-9H,10-12H2,1-3H3,(H,22,25)(H,23,26). The van der Waals surface area contributed by atoms with Crippen LogP contribution in [0.25, 0.3) is 0 Å². The molecule has 2 aromatic carbocycles. The maximum absolute atomic E-state index is 12.2. The normalized spacial score (nSPS) is 12.7. The van der Waals surface area contributed by atoms with E-state index in [9.17, 15) is 14.4 Å². The van der Waals surface area contributed by atoms with Crippen molar-refractivity contribution < 1.29 is 23.9 Å². The molecule has 0 saturated carbocycles. The Morgan fingerprint density at radius 3 is 2.45 bits per heavy atom. The first-order valence-electron chi connectivity index (χ1n) is 9.15. The Hall–Kier alpha value is -3.55. The lowest BCUT2D eigenvalue weighted by molar-refractivity contribution is -0.130. The molecule has 1 aliphatic heterocycles. The molecule has 152 valence electrons. The van der Waals surface area contributed by atoms with E-state index in [0.29, 0.717) is 17.2 Å². The summed E-state index contributed by atoms with van der Waals surface area (Å²) in [5.74, 6) is -0.204. The highest BCUT2D eigenvalue weighted by molar-refractivity contribution is 6.02. The minimum Gasteiger partial charge on any atom is -0.483 e. The highest BCUT2D eigenvalue weighted by Gasteiger charge is 2.27. The first-order chi connectivity index (χ1) is 13.8. The number of hydrogen-bond acceptors (Lipinski definition) is 5. The molecule has 3 rings (SSSR count). The van der Waals surface area contributed by atoms with Crippen LogP contribution in [0.2, 0.25) is 0 Å². The van der Waals surface area contributed by atoms with Crippen molar-refractivity contribution >= 4 is 23.4 Å². The maximum atomic E-state index is 12.2. The Morgan fingerprint density at radius 2 is 1.72 bits per heavy atom.